The van der Waals surface area contributed by atoms with Gasteiger partial charge >= 0.3 is 12.1 Å². The molecule has 1 aliphatic rings. The molecule has 2 atom stereocenters. The number of benzene rings is 1. The molecule has 1 amide bonds. The van der Waals surface area contributed by atoms with E-state index in [2.05, 4.69) is 0 Å². The molecule has 0 bridgehead atoms. The van der Waals surface area contributed by atoms with E-state index in [9.17, 15) is 9.59 Å². The molecule has 114 valence electrons. The number of piperidine rings is 1. The molecule has 1 aromatic carbocycles. The standard InChI is InChI=1S/C16H21NO4/c1-12(15(18)19)14-8-5-9-17(10-14)16(20)21-11-13-6-3-2-4-7-13/h2-4,6-7,12,14H,5,8-11H2,1H3,(H,18,19). The van der Waals surface area contributed by atoms with Crippen LogP contribution < -0.4 is 0 Å². The van der Waals surface area contributed by atoms with Crippen molar-refractivity contribution in [1.29, 1.82) is 0 Å². The summed E-state index contributed by atoms with van der Waals surface area (Å²) in [6.07, 6.45) is 1.31. The van der Waals surface area contributed by atoms with E-state index in [-0.39, 0.29) is 18.6 Å². The SMILES string of the molecule is CC(C(=O)O)C1CCCN(C(=O)OCc2ccccc2)C1. The zero-order chi connectivity index (χ0) is 15.2. The van der Waals surface area contributed by atoms with Crippen LogP contribution in [0, 0.1) is 11.8 Å². The third kappa shape index (κ3) is 4.21. The highest BCUT2D eigenvalue weighted by Crippen LogP contribution is 2.24. The predicted molar refractivity (Wildman–Crippen MR) is 77.7 cm³/mol. The molecular weight excluding hydrogens is 270 g/mol. The molecule has 1 heterocycles. The maximum absolute atomic E-state index is 12.1. The van der Waals surface area contributed by atoms with Crippen molar-refractivity contribution in [2.24, 2.45) is 11.8 Å². The molecule has 5 heteroatoms. The summed E-state index contributed by atoms with van der Waals surface area (Å²) in [5.41, 5.74) is 0.943. The molecule has 0 aromatic heterocycles. The number of carboxylic acid groups (broad SMARTS) is 1. The number of aliphatic carboxylic acids is 1. The predicted octanol–water partition coefficient (Wildman–Crippen LogP) is 2.76. The van der Waals surface area contributed by atoms with Crippen molar-refractivity contribution in [2.75, 3.05) is 13.1 Å². The number of nitrogens with zero attached hydrogens (tertiary/aromatic N) is 1. The van der Waals surface area contributed by atoms with Crippen LogP contribution in [0.1, 0.15) is 25.3 Å². The number of ether oxygens (including phenoxy) is 1. The Kier molecular flexibility index (Phi) is 5.20. The largest absolute Gasteiger partial charge is 0.481 e. The van der Waals surface area contributed by atoms with Crippen LogP contribution in [0.5, 0.6) is 0 Å². The first kappa shape index (κ1) is 15.4. The molecule has 0 spiro atoms. The number of amides is 1. The third-order valence-corrected chi connectivity index (χ3v) is 4.02. The van der Waals surface area contributed by atoms with Gasteiger partial charge in [0, 0.05) is 13.1 Å². The van der Waals surface area contributed by atoms with Crippen LogP contribution in [-0.2, 0) is 16.1 Å². The summed E-state index contributed by atoms with van der Waals surface area (Å²) in [5, 5.41) is 9.08. The van der Waals surface area contributed by atoms with Crippen LogP contribution >= 0.6 is 0 Å². The number of hydrogen-bond donors (Lipinski definition) is 1. The average molecular weight is 291 g/mol. The second kappa shape index (κ2) is 7.11. The summed E-state index contributed by atoms with van der Waals surface area (Å²) in [5.74, 6) is -1.24. The number of hydrogen-bond acceptors (Lipinski definition) is 3. The van der Waals surface area contributed by atoms with Crippen molar-refractivity contribution in [2.45, 2.75) is 26.4 Å². The average Bonchev–Trinajstić information content (AvgIpc) is 2.53. The summed E-state index contributed by atoms with van der Waals surface area (Å²) in [4.78, 5) is 24.7. The Morgan fingerprint density at radius 3 is 2.76 bits per heavy atom. The van der Waals surface area contributed by atoms with E-state index in [0.29, 0.717) is 13.1 Å². The summed E-state index contributed by atoms with van der Waals surface area (Å²) in [6.45, 7) is 3.04. The van der Waals surface area contributed by atoms with E-state index >= 15 is 0 Å². The summed E-state index contributed by atoms with van der Waals surface area (Å²) in [7, 11) is 0. The molecule has 21 heavy (non-hydrogen) atoms. The van der Waals surface area contributed by atoms with Gasteiger partial charge in [0.05, 0.1) is 5.92 Å². The van der Waals surface area contributed by atoms with E-state index < -0.39 is 11.9 Å². The third-order valence-electron chi connectivity index (χ3n) is 4.02. The van der Waals surface area contributed by atoms with Gasteiger partial charge in [0.25, 0.3) is 0 Å². The number of carboxylic acids is 1. The number of likely N-dealkylation sites (tertiary alicyclic amines) is 1. The zero-order valence-corrected chi connectivity index (χ0v) is 12.2. The Bertz CT molecular complexity index is 488. The van der Waals surface area contributed by atoms with Crippen molar-refractivity contribution in [1.82, 2.24) is 4.90 Å². The molecule has 2 unspecified atom stereocenters. The minimum atomic E-state index is -0.806. The molecule has 1 aliphatic heterocycles. The molecule has 0 aliphatic carbocycles. The fraction of sp³-hybridized carbons (Fsp3) is 0.500. The van der Waals surface area contributed by atoms with Gasteiger partial charge in [0.15, 0.2) is 0 Å². The van der Waals surface area contributed by atoms with Crippen LogP contribution in [0.3, 0.4) is 0 Å². The van der Waals surface area contributed by atoms with Crippen LogP contribution in [0.15, 0.2) is 30.3 Å². The van der Waals surface area contributed by atoms with Gasteiger partial charge in [-0.2, -0.15) is 0 Å². The Labute approximate surface area is 124 Å². The minimum absolute atomic E-state index is 0.000486. The van der Waals surface area contributed by atoms with Crippen LogP contribution in [0.25, 0.3) is 0 Å². The van der Waals surface area contributed by atoms with Gasteiger partial charge in [-0.15, -0.1) is 0 Å². The van der Waals surface area contributed by atoms with E-state index in [4.69, 9.17) is 9.84 Å². The summed E-state index contributed by atoms with van der Waals surface area (Å²) >= 11 is 0. The Morgan fingerprint density at radius 1 is 1.38 bits per heavy atom. The van der Waals surface area contributed by atoms with Crippen molar-refractivity contribution in [3.8, 4) is 0 Å². The van der Waals surface area contributed by atoms with E-state index in [1.807, 2.05) is 30.3 Å². The summed E-state index contributed by atoms with van der Waals surface area (Å²) in [6, 6.07) is 9.51. The molecule has 2 rings (SSSR count). The second-order valence-corrected chi connectivity index (χ2v) is 5.52. The molecule has 1 aromatic rings. The minimum Gasteiger partial charge on any atom is -0.481 e. The molecule has 5 nitrogen and oxygen atoms in total. The van der Waals surface area contributed by atoms with Crippen LogP contribution in [-0.4, -0.2) is 35.2 Å². The fourth-order valence-corrected chi connectivity index (χ4v) is 2.60. The lowest BCUT2D eigenvalue weighted by molar-refractivity contribution is -0.143. The van der Waals surface area contributed by atoms with Gasteiger partial charge in [0.2, 0.25) is 0 Å². The van der Waals surface area contributed by atoms with Crippen molar-refractivity contribution >= 4 is 12.1 Å². The van der Waals surface area contributed by atoms with Gasteiger partial charge in [-0.05, 0) is 24.3 Å². The Morgan fingerprint density at radius 2 is 2.10 bits per heavy atom. The number of rotatable bonds is 4. The lowest BCUT2D eigenvalue weighted by atomic mass is 9.87. The Hall–Kier alpha value is -2.04. The fourth-order valence-electron chi connectivity index (χ4n) is 2.60. The van der Waals surface area contributed by atoms with Crippen LogP contribution in [0.2, 0.25) is 0 Å². The first-order valence-corrected chi connectivity index (χ1v) is 7.26. The molecular formula is C16H21NO4. The monoisotopic (exact) mass is 291 g/mol. The molecule has 0 saturated carbocycles. The maximum atomic E-state index is 12.1. The van der Waals surface area contributed by atoms with Crippen molar-refractivity contribution in [3.05, 3.63) is 35.9 Å². The Balaban J connectivity index is 1.86. The van der Waals surface area contributed by atoms with Crippen molar-refractivity contribution < 1.29 is 19.4 Å². The smallest absolute Gasteiger partial charge is 0.410 e. The normalized spacial score (nSPS) is 19.9. The second-order valence-electron chi connectivity index (χ2n) is 5.52. The summed E-state index contributed by atoms with van der Waals surface area (Å²) < 4.78 is 5.30. The van der Waals surface area contributed by atoms with Crippen molar-refractivity contribution in [3.63, 3.8) is 0 Å². The quantitative estimate of drug-likeness (QED) is 0.926. The number of carbonyl (C=O) groups is 2. The molecule has 1 saturated heterocycles. The van der Waals surface area contributed by atoms with Gasteiger partial charge in [0.1, 0.15) is 6.61 Å². The van der Waals surface area contributed by atoms with Gasteiger partial charge in [-0.3, -0.25) is 4.79 Å². The van der Waals surface area contributed by atoms with Crippen LogP contribution in [0.4, 0.5) is 4.79 Å². The number of carbonyl (C=O) groups excluding carboxylic acids is 1. The van der Waals surface area contributed by atoms with E-state index in [1.54, 1.807) is 11.8 Å². The maximum Gasteiger partial charge on any atom is 0.410 e. The topological polar surface area (TPSA) is 66.8 Å². The molecule has 0 radical (unpaired) electrons. The van der Waals surface area contributed by atoms with Gasteiger partial charge in [-0.25, -0.2) is 4.79 Å². The lowest BCUT2D eigenvalue weighted by Gasteiger charge is -2.33. The lowest BCUT2D eigenvalue weighted by Crippen LogP contribution is -2.43. The van der Waals surface area contributed by atoms with Gasteiger partial charge in [-0.1, -0.05) is 37.3 Å². The molecule has 1 N–H and O–H groups in total. The van der Waals surface area contributed by atoms with E-state index in [0.717, 1.165) is 18.4 Å². The van der Waals surface area contributed by atoms with E-state index in [1.165, 1.54) is 0 Å². The first-order valence-electron chi connectivity index (χ1n) is 7.26. The highest BCUT2D eigenvalue weighted by Gasteiger charge is 2.31. The first-order chi connectivity index (χ1) is 10.1. The highest BCUT2D eigenvalue weighted by atomic mass is 16.6. The highest BCUT2D eigenvalue weighted by molar-refractivity contribution is 5.70. The zero-order valence-electron chi connectivity index (χ0n) is 12.2. The molecule has 1 fully saturated rings. The van der Waals surface area contributed by atoms with Gasteiger partial charge < -0.3 is 14.7 Å².